The van der Waals surface area contributed by atoms with Crippen molar-refractivity contribution in [3.63, 3.8) is 0 Å². The molecule has 0 heterocycles. The Morgan fingerprint density at radius 2 is 1.40 bits per heavy atom. The van der Waals surface area contributed by atoms with Crippen LogP contribution in [0.2, 0.25) is 0 Å². The largest absolute Gasteiger partial charge is 0.507 e. The van der Waals surface area contributed by atoms with E-state index in [1.807, 2.05) is 19.9 Å². The minimum Gasteiger partial charge on any atom is -0.507 e. The van der Waals surface area contributed by atoms with E-state index in [0.29, 0.717) is 19.0 Å². The maximum absolute atomic E-state index is 9.91. The molecule has 3 heteroatoms. The van der Waals surface area contributed by atoms with Crippen LogP contribution >= 0.6 is 0 Å². The molecule has 84 valence electrons. The fourth-order valence-corrected chi connectivity index (χ4v) is 1.62. The summed E-state index contributed by atoms with van der Waals surface area (Å²) in [5.74, 6) is 0.344. The van der Waals surface area contributed by atoms with Crippen LogP contribution < -0.4 is 0 Å². The maximum Gasteiger partial charge on any atom is 0.122 e. The molecule has 0 saturated carbocycles. The molecule has 0 fully saturated rings. The number of hydrogen-bond acceptors (Lipinski definition) is 3. The Bertz CT molecular complexity index is 315. The standard InChI is InChI=1S/C12H18O3/c1-8-10(6-14-3)5-11(7-15-4)9(2)12(8)13/h5,13H,6-7H2,1-4H3. The van der Waals surface area contributed by atoms with Crippen LogP contribution in [0.25, 0.3) is 0 Å². The van der Waals surface area contributed by atoms with Crippen LogP contribution in [0.1, 0.15) is 22.3 Å². The van der Waals surface area contributed by atoms with Crippen LogP contribution in [0.4, 0.5) is 0 Å². The van der Waals surface area contributed by atoms with Crippen molar-refractivity contribution in [2.24, 2.45) is 0 Å². The van der Waals surface area contributed by atoms with Crippen LogP contribution in [-0.4, -0.2) is 19.3 Å². The van der Waals surface area contributed by atoms with E-state index in [0.717, 1.165) is 22.3 Å². The van der Waals surface area contributed by atoms with Crippen molar-refractivity contribution in [3.8, 4) is 5.75 Å². The van der Waals surface area contributed by atoms with Gasteiger partial charge in [0.1, 0.15) is 5.75 Å². The number of benzene rings is 1. The van der Waals surface area contributed by atoms with Crippen molar-refractivity contribution in [2.75, 3.05) is 14.2 Å². The van der Waals surface area contributed by atoms with Gasteiger partial charge in [0.25, 0.3) is 0 Å². The van der Waals surface area contributed by atoms with Gasteiger partial charge in [0.15, 0.2) is 0 Å². The fraction of sp³-hybridized carbons (Fsp3) is 0.500. The zero-order valence-electron chi connectivity index (χ0n) is 9.76. The Morgan fingerprint density at radius 1 is 1.00 bits per heavy atom. The number of phenols is 1. The fourth-order valence-electron chi connectivity index (χ4n) is 1.62. The summed E-state index contributed by atoms with van der Waals surface area (Å²) in [6.45, 7) is 4.81. The average Bonchev–Trinajstić information content (AvgIpc) is 2.22. The lowest BCUT2D eigenvalue weighted by Crippen LogP contribution is -1.99. The van der Waals surface area contributed by atoms with Crippen LogP contribution in [0, 0.1) is 13.8 Å². The summed E-state index contributed by atoms with van der Waals surface area (Å²) >= 11 is 0. The molecule has 1 rings (SSSR count). The van der Waals surface area contributed by atoms with Gasteiger partial charge in [-0.3, -0.25) is 0 Å². The Labute approximate surface area is 90.6 Å². The van der Waals surface area contributed by atoms with E-state index in [-0.39, 0.29) is 0 Å². The minimum atomic E-state index is 0.344. The lowest BCUT2D eigenvalue weighted by molar-refractivity contribution is 0.178. The van der Waals surface area contributed by atoms with Gasteiger partial charge in [0, 0.05) is 14.2 Å². The first-order chi connectivity index (χ1) is 7.11. The van der Waals surface area contributed by atoms with E-state index >= 15 is 0 Å². The molecule has 0 aliphatic heterocycles. The zero-order chi connectivity index (χ0) is 11.4. The molecule has 0 aliphatic carbocycles. The molecule has 0 saturated heterocycles. The highest BCUT2D eigenvalue weighted by Gasteiger charge is 2.11. The third kappa shape index (κ3) is 2.49. The topological polar surface area (TPSA) is 38.7 Å². The Morgan fingerprint density at radius 3 is 1.73 bits per heavy atom. The van der Waals surface area contributed by atoms with Gasteiger partial charge in [-0.2, -0.15) is 0 Å². The molecule has 0 atom stereocenters. The molecule has 0 bridgehead atoms. The van der Waals surface area contributed by atoms with E-state index in [1.54, 1.807) is 14.2 Å². The zero-order valence-corrected chi connectivity index (χ0v) is 9.76. The number of phenolic OH excluding ortho intramolecular Hbond substituents is 1. The van der Waals surface area contributed by atoms with Crippen molar-refractivity contribution >= 4 is 0 Å². The number of hydrogen-bond donors (Lipinski definition) is 1. The van der Waals surface area contributed by atoms with E-state index in [4.69, 9.17) is 9.47 Å². The summed E-state index contributed by atoms with van der Waals surface area (Å²) in [5, 5.41) is 9.91. The van der Waals surface area contributed by atoms with Gasteiger partial charge in [-0.05, 0) is 36.1 Å². The highest BCUT2D eigenvalue weighted by molar-refractivity contribution is 5.48. The monoisotopic (exact) mass is 210 g/mol. The summed E-state index contributed by atoms with van der Waals surface area (Å²) < 4.78 is 10.2. The molecule has 3 nitrogen and oxygen atoms in total. The molecule has 0 aliphatic rings. The quantitative estimate of drug-likeness (QED) is 0.828. The lowest BCUT2D eigenvalue weighted by Gasteiger charge is -2.14. The predicted octanol–water partition coefficient (Wildman–Crippen LogP) is 2.30. The van der Waals surface area contributed by atoms with Gasteiger partial charge in [0.05, 0.1) is 13.2 Å². The first-order valence-electron chi connectivity index (χ1n) is 4.90. The van der Waals surface area contributed by atoms with Crippen LogP contribution in [0.15, 0.2) is 6.07 Å². The Kier molecular flexibility index (Phi) is 4.12. The number of ether oxygens (including phenoxy) is 2. The van der Waals surface area contributed by atoms with Gasteiger partial charge in [-0.1, -0.05) is 6.07 Å². The van der Waals surface area contributed by atoms with E-state index in [2.05, 4.69) is 0 Å². The van der Waals surface area contributed by atoms with E-state index < -0.39 is 0 Å². The van der Waals surface area contributed by atoms with Gasteiger partial charge >= 0.3 is 0 Å². The summed E-state index contributed by atoms with van der Waals surface area (Å²) in [7, 11) is 3.29. The molecule has 0 radical (unpaired) electrons. The molecule has 0 unspecified atom stereocenters. The normalized spacial score (nSPS) is 10.7. The van der Waals surface area contributed by atoms with Gasteiger partial charge < -0.3 is 14.6 Å². The second-order valence-electron chi connectivity index (χ2n) is 3.66. The molecule has 0 spiro atoms. The molecule has 1 N–H and O–H groups in total. The molecular weight excluding hydrogens is 192 g/mol. The Hall–Kier alpha value is -1.06. The van der Waals surface area contributed by atoms with Gasteiger partial charge in [0.2, 0.25) is 0 Å². The van der Waals surface area contributed by atoms with E-state index in [9.17, 15) is 5.11 Å². The van der Waals surface area contributed by atoms with Gasteiger partial charge in [-0.25, -0.2) is 0 Å². The molecular formula is C12H18O3. The van der Waals surface area contributed by atoms with Crippen LogP contribution in [-0.2, 0) is 22.7 Å². The smallest absolute Gasteiger partial charge is 0.122 e. The number of aromatic hydroxyl groups is 1. The predicted molar refractivity (Wildman–Crippen MR) is 59.0 cm³/mol. The van der Waals surface area contributed by atoms with Crippen LogP contribution in [0.3, 0.4) is 0 Å². The third-order valence-electron chi connectivity index (χ3n) is 2.62. The van der Waals surface area contributed by atoms with Gasteiger partial charge in [-0.15, -0.1) is 0 Å². The highest BCUT2D eigenvalue weighted by atomic mass is 16.5. The molecule has 1 aromatic rings. The molecule has 0 aromatic heterocycles. The SMILES string of the molecule is COCc1cc(COC)c(C)c(O)c1C. The van der Waals surface area contributed by atoms with Crippen molar-refractivity contribution in [2.45, 2.75) is 27.1 Å². The molecule has 1 aromatic carbocycles. The summed E-state index contributed by atoms with van der Waals surface area (Å²) in [4.78, 5) is 0. The first kappa shape index (κ1) is 12.0. The van der Waals surface area contributed by atoms with Crippen molar-refractivity contribution in [1.29, 1.82) is 0 Å². The summed E-state index contributed by atoms with van der Waals surface area (Å²) in [6.07, 6.45) is 0. The molecule has 15 heavy (non-hydrogen) atoms. The second-order valence-corrected chi connectivity index (χ2v) is 3.66. The Balaban J connectivity index is 3.19. The maximum atomic E-state index is 9.91. The van der Waals surface area contributed by atoms with Crippen LogP contribution in [0.5, 0.6) is 5.75 Å². The molecule has 0 amide bonds. The minimum absolute atomic E-state index is 0.344. The van der Waals surface area contributed by atoms with Crippen molar-refractivity contribution < 1.29 is 14.6 Å². The lowest BCUT2D eigenvalue weighted by atomic mass is 9.99. The number of methoxy groups -OCH3 is 2. The van der Waals surface area contributed by atoms with Crippen molar-refractivity contribution in [1.82, 2.24) is 0 Å². The highest BCUT2D eigenvalue weighted by Crippen LogP contribution is 2.29. The average molecular weight is 210 g/mol. The summed E-state index contributed by atoms with van der Waals surface area (Å²) in [5.41, 5.74) is 3.78. The first-order valence-corrected chi connectivity index (χ1v) is 4.90. The third-order valence-corrected chi connectivity index (χ3v) is 2.62. The number of rotatable bonds is 4. The summed E-state index contributed by atoms with van der Waals surface area (Å²) in [6, 6.07) is 2.03. The van der Waals surface area contributed by atoms with Crippen molar-refractivity contribution in [3.05, 3.63) is 28.3 Å². The second kappa shape index (κ2) is 5.14. The van der Waals surface area contributed by atoms with E-state index in [1.165, 1.54) is 0 Å².